The fraction of sp³-hybridized carbons (Fsp3) is 0.0476. The molecule has 1 heterocycles. The highest BCUT2D eigenvalue weighted by molar-refractivity contribution is 7.98. The van der Waals surface area contributed by atoms with Gasteiger partial charge in [-0.3, -0.25) is 4.79 Å². The molecule has 27 heavy (non-hydrogen) atoms. The molecule has 0 atom stereocenters. The minimum Gasteiger partial charge on any atom is -0.436 e. The third-order valence-corrected chi connectivity index (χ3v) is 5.16. The average molecular weight is 395 g/mol. The maximum atomic E-state index is 12.5. The molecule has 4 rings (SSSR count). The van der Waals surface area contributed by atoms with E-state index < -0.39 is 0 Å². The van der Waals surface area contributed by atoms with E-state index in [1.165, 1.54) is 0 Å². The quantitative estimate of drug-likeness (QED) is 0.423. The number of oxazole rings is 1. The number of halogens is 1. The van der Waals surface area contributed by atoms with Crippen molar-refractivity contribution in [1.29, 1.82) is 0 Å². The van der Waals surface area contributed by atoms with Gasteiger partial charge in [0.05, 0.1) is 10.6 Å². The summed E-state index contributed by atoms with van der Waals surface area (Å²) in [7, 11) is 0. The Morgan fingerprint density at radius 3 is 2.59 bits per heavy atom. The Morgan fingerprint density at radius 2 is 1.85 bits per heavy atom. The maximum Gasteiger partial charge on any atom is 0.257 e. The number of carbonyl (C=O) groups is 1. The number of carbonyl (C=O) groups excluding carboxylic acids is 1. The van der Waals surface area contributed by atoms with Crippen LogP contribution in [-0.4, -0.2) is 17.1 Å². The van der Waals surface area contributed by atoms with Gasteiger partial charge in [0, 0.05) is 16.1 Å². The zero-order chi connectivity index (χ0) is 18.8. The molecular weight excluding hydrogens is 380 g/mol. The number of nitrogens with zero attached hydrogens (tertiary/aromatic N) is 1. The number of anilines is 1. The fourth-order valence-electron chi connectivity index (χ4n) is 2.70. The summed E-state index contributed by atoms with van der Waals surface area (Å²) < 4.78 is 5.77. The average Bonchev–Trinajstić information content (AvgIpc) is 3.13. The first-order valence-corrected chi connectivity index (χ1v) is 9.85. The van der Waals surface area contributed by atoms with Gasteiger partial charge in [-0.15, -0.1) is 11.8 Å². The SMILES string of the molecule is CSc1ccc(Cl)c(C(=O)Nc2ccc(-c3nc4ccccc4o3)cc2)c1. The molecule has 4 nitrogen and oxygen atoms in total. The molecule has 0 unspecified atom stereocenters. The van der Waals surface area contributed by atoms with Crippen LogP contribution in [0.15, 0.2) is 76.0 Å². The number of aromatic nitrogens is 1. The fourth-order valence-corrected chi connectivity index (χ4v) is 3.34. The zero-order valence-electron chi connectivity index (χ0n) is 14.4. The molecule has 0 radical (unpaired) electrons. The van der Waals surface area contributed by atoms with E-state index >= 15 is 0 Å². The van der Waals surface area contributed by atoms with Crippen molar-refractivity contribution in [2.45, 2.75) is 4.90 Å². The molecule has 1 N–H and O–H groups in total. The van der Waals surface area contributed by atoms with E-state index in [-0.39, 0.29) is 5.91 Å². The highest BCUT2D eigenvalue weighted by atomic mass is 35.5. The Balaban J connectivity index is 1.55. The maximum absolute atomic E-state index is 12.5. The molecule has 0 aliphatic carbocycles. The van der Waals surface area contributed by atoms with Gasteiger partial charge < -0.3 is 9.73 Å². The Bertz CT molecular complexity index is 1090. The van der Waals surface area contributed by atoms with Crippen molar-refractivity contribution < 1.29 is 9.21 Å². The number of amides is 1. The van der Waals surface area contributed by atoms with Gasteiger partial charge >= 0.3 is 0 Å². The smallest absolute Gasteiger partial charge is 0.257 e. The molecule has 1 aromatic heterocycles. The number of nitrogens with one attached hydrogen (secondary N) is 1. The van der Waals surface area contributed by atoms with Crippen LogP contribution in [0.25, 0.3) is 22.6 Å². The number of hydrogen-bond acceptors (Lipinski definition) is 4. The molecule has 6 heteroatoms. The van der Waals surface area contributed by atoms with Gasteiger partial charge in [0.15, 0.2) is 5.58 Å². The summed E-state index contributed by atoms with van der Waals surface area (Å²) in [5, 5.41) is 3.30. The van der Waals surface area contributed by atoms with Gasteiger partial charge in [-0.05, 0) is 60.9 Å². The molecule has 0 saturated heterocycles. The van der Waals surface area contributed by atoms with Crippen molar-refractivity contribution >= 4 is 46.1 Å². The van der Waals surface area contributed by atoms with Crippen LogP contribution in [0.5, 0.6) is 0 Å². The van der Waals surface area contributed by atoms with Crippen LogP contribution in [0.1, 0.15) is 10.4 Å². The van der Waals surface area contributed by atoms with Gasteiger partial charge in [0.25, 0.3) is 5.91 Å². The van der Waals surface area contributed by atoms with Gasteiger partial charge in [-0.2, -0.15) is 0 Å². The van der Waals surface area contributed by atoms with E-state index in [0.29, 0.717) is 22.2 Å². The molecule has 1 amide bonds. The van der Waals surface area contributed by atoms with E-state index in [1.807, 2.05) is 60.9 Å². The van der Waals surface area contributed by atoms with Gasteiger partial charge in [-0.25, -0.2) is 4.98 Å². The molecule has 0 fully saturated rings. The van der Waals surface area contributed by atoms with E-state index in [9.17, 15) is 4.79 Å². The lowest BCUT2D eigenvalue weighted by atomic mass is 10.2. The van der Waals surface area contributed by atoms with Gasteiger partial charge in [0.2, 0.25) is 5.89 Å². The van der Waals surface area contributed by atoms with Crippen molar-refractivity contribution in [3.8, 4) is 11.5 Å². The molecule has 0 aliphatic rings. The van der Waals surface area contributed by atoms with E-state index in [0.717, 1.165) is 21.6 Å². The largest absolute Gasteiger partial charge is 0.436 e. The van der Waals surface area contributed by atoms with E-state index in [4.69, 9.17) is 16.0 Å². The van der Waals surface area contributed by atoms with Crippen molar-refractivity contribution in [3.63, 3.8) is 0 Å². The molecule has 0 bridgehead atoms. The van der Waals surface area contributed by atoms with Crippen LogP contribution in [0.4, 0.5) is 5.69 Å². The lowest BCUT2D eigenvalue weighted by Crippen LogP contribution is -2.12. The second kappa shape index (κ2) is 7.47. The first-order valence-electron chi connectivity index (χ1n) is 8.25. The third kappa shape index (κ3) is 3.70. The van der Waals surface area contributed by atoms with Crippen molar-refractivity contribution in [1.82, 2.24) is 4.98 Å². The summed E-state index contributed by atoms with van der Waals surface area (Å²) in [5.41, 5.74) is 3.52. The number of hydrogen-bond donors (Lipinski definition) is 1. The number of fused-ring (bicyclic) bond motifs is 1. The van der Waals surface area contributed by atoms with Crippen molar-refractivity contribution in [2.75, 3.05) is 11.6 Å². The molecule has 0 aliphatic heterocycles. The highest BCUT2D eigenvalue weighted by Crippen LogP contribution is 2.27. The molecule has 0 saturated carbocycles. The number of para-hydroxylation sites is 2. The van der Waals surface area contributed by atoms with Crippen molar-refractivity contribution in [2.24, 2.45) is 0 Å². The molecule has 0 spiro atoms. The van der Waals surface area contributed by atoms with Crippen LogP contribution >= 0.6 is 23.4 Å². The topological polar surface area (TPSA) is 55.1 Å². The van der Waals surface area contributed by atoms with Crippen LogP contribution in [0.3, 0.4) is 0 Å². The second-order valence-corrected chi connectivity index (χ2v) is 7.15. The molecule has 134 valence electrons. The van der Waals surface area contributed by atoms with Crippen LogP contribution in [-0.2, 0) is 0 Å². The Hall–Kier alpha value is -2.76. The number of thioether (sulfide) groups is 1. The normalized spacial score (nSPS) is 10.9. The summed E-state index contributed by atoms with van der Waals surface area (Å²) in [6.07, 6.45) is 1.95. The second-order valence-electron chi connectivity index (χ2n) is 5.86. The van der Waals surface area contributed by atoms with Gasteiger partial charge in [-0.1, -0.05) is 23.7 Å². The summed E-state index contributed by atoms with van der Waals surface area (Å²) in [4.78, 5) is 18.0. The van der Waals surface area contributed by atoms with E-state index in [2.05, 4.69) is 10.3 Å². The minimum atomic E-state index is -0.245. The van der Waals surface area contributed by atoms with Crippen LogP contribution in [0, 0.1) is 0 Å². The monoisotopic (exact) mass is 394 g/mol. The summed E-state index contributed by atoms with van der Waals surface area (Å²) in [5.74, 6) is 0.301. The summed E-state index contributed by atoms with van der Waals surface area (Å²) >= 11 is 7.73. The lowest BCUT2D eigenvalue weighted by molar-refractivity contribution is 0.102. The van der Waals surface area contributed by atoms with Crippen LogP contribution < -0.4 is 5.32 Å². The predicted molar refractivity (Wildman–Crippen MR) is 111 cm³/mol. The van der Waals surface area contributed by atoms with Crippen LogP contribution in [0.2, 0.25) is 5.02 Å². The Kier molecular flexibility index (Phi) is 4.88. The van der Waals surface area contributed by atoms with Gasteiger partial charge in [0.1, 0.15) is 5.52 Å². The summed E-state index contributed by atoms with van der Waals surface area (Å²) in [6, 6.07) is 20.4. The van der Waals surface area contributed by atoms with Crippen molar-refractivity contribution in [3.05, 3.63) is 77.3 Å². The first kappa shape index (κ1) is 17.6. The third-order valence-electron chi connectivity index (χ3n) is 4.10. The standard InChI is InChI=1S/C21H15ClN2O2S/c1-27-15-10-11-17(22)16(12-15)20(25)23-14-8-6-13(7-9-14)21-24-18-4-2-3-5-19(18)26-21/h2-12H,1H3,(H,23,25). The molecular formula is C21H15ClN2O2S. The molecule has 4 aromatic rings. The Morgan fingerprint density at radius 1 is 1.07 bits per heavy atom. The summed E-state index contributed by atoms with van der Waals surface area (Å²) in [6.45, 7) is 0. The Labute approximate surface area is 165 Å². The van der Waals surface area contributed by atoms with E-state index in [1.54, 1.807) is 23.9 Å². The lowest BCUT2D eigenvalue weighted by Gasteiger charge is -2.08. The highest BCUT2D eigenvalue weighted by Gasteiger charge is 2.12. The number of benzene rings is 3. The zero-order valence-corrected chi connectivity index (χ0v) is 16.0. The molecule has 3 aromatic carbocycles. The predicted octanol–water partition coefficient (Wildman–Crippen LogP) is 6.12. The minimum absolute atomic E-state index is 0.245. The number of rotatable bonds is 4. The first-order chi connectivity index (χ1) is 13.1.